The molecule has 1 aliphatic carbocycles. The molecule has 186 valence electrons. The molecule has 0 aromatic carbocycles. The van der Waals surface area contributed by atoms with Crippen molar-refractivity contribution in [2.75, 3.05) is 32.7 Å². The summed E-state index contributed by atoms with van der Waals surface area (Å²) >= 11 is 3.67. The van der Waals surface area contributed by atoms with E-state index in [4.69, 9.17) is 4.98 Å². The molecular weight excluding hydrogens is 484 g/mol. The van der Waals surface area contributed by atoms with Crippen LogP contribution in [-0.4, -0.2) is 53.5 Å². The number of rotatable bonds is 6. The van der Waals surface area contributed by atoms with Gasteiger partial charge in [0.05, 0.1) is 11.7 Å². The van der Waals surface area contributed by atoms with Gasteiger partial charge in [-0.25, -0.2) is 0 Å². The third kappa shape index (κ3) is 5.68. The Hall–Kier alpha value is -1.43. The number of allylic oxidation sites excluding steroid dienone is 3. The largest absolute Gasteiger partial charge is 0.370 e. The number of aromatic nitrogens is 1. The van der Waals surface area contributed by atoms with Gasteiger partial charge in [0.15, 0.2) is 0 Å². The molecule has 3 heterocycles. The molecule has 2 aliphatic heterocycles. The Kier molecular flexibility index (Phi) is 8.71. The first-order chi connectivity index (χ1) is 16.4. The summed E-state index contributed by atoms with van der Waals surface area (Å²) in [5, 5.41) is 3.49. The molecule has 0 spiro atoms. The van der Waals surface area contributed by atoms with Crippen LogP contribution in [0.2, 0.25) is 0 Å². The summed E-state index contributed by atoms with van der Waals surface area (Å²) in [4.78, 5) is 10.3. The van der Waals surface area contributed by atoms with Gasteiger partial charge in [0.1, 0.15) is 0 Å². The van der Waals surface area contributed by atoms with Crippen molar-refractivity contribution >= 4 is 15.9 Å². The van der Waals surface area contributed by atoms with Crippen LogP contribution in [0.25, 0.3) is 0 Å². The highest BCUT2D eigenvalue weighted by Gasteiger charge is 2.36. The van der Waals surface area contributed by atoms with E-state index < -0.39 is 0 Å². The number of fused-ring (bicyclic) bond motifs is 1. The van der Waals surface area contributed by atoms with Crippen LogP contribution in [0.4, 0.5) is 0 Å². The predicted octanol–water partition coefficient (Wildman–Crippen LogP) is 6.41. The topological polar surface area (TPSA) is 31.4 Å². The van der Waals surface area contributed by atoms with Crippen LogP contribution >= 0.6 is 15.9 Å². The van der Waals surface area contributed by atoms with E-state index in [0.29, 0.717) is 6.04 Å². The summed E-state index contributed by atoms with van der Waals surface area (Å²) in [5.41, 5.74) is 8.44. The van der Waals surface area contributed by atoms with Crippen LogP contribution in [-0.2, 0) is 6.42 Å². The number of hydrogen-bond donors (Lipinski definition) is 1. The Morgan fingerprint density at radius 2 is 2.03 bits per heavy atom. The molecular formula is C29H43BrN4. The van der Waals surface area contributed by atoms with Crippen LogP contribution in [0.15, 0.2) is 51.8 Å². The van der Waals surface area contributed by atoms with Crippen molar-refractivity contribution in [1.29, 1.82) is 0 Å². The SMILES string of the molecule is C=C(CC1CCNCC1)N1CCN(C2C(/C(C)=C\CC)=C(C)CCc3cc(Br)cnc32)CC1C. The molecule has 1 aromatic rings. The number of aryl methyl sites for hydroxylation is 1. The molecule has 4 rings (SSSR count). The van der Waals surface area contributed by atoms with Gasteiger partial charge in [-0.2, -0.15) is 0 Å². The molecule has 5 heteroatoms. The maximum Gasteiger partial charge on any atom is 0.0782 e. The third-order valence-corrected chi connectivity index (χ3v) is 8.51. The highest BCUT2D eigenvalue weighted by molar-refractivity contribution is 9.10. The lowest BCUT2D eigenvalue weighted by atomic mass is 9.89. The summed E-state index contributed by atoms with van der Waals surface area (Å²) in [6, 6.07) is 2.99. The number of piperazine rings is 1. The molecule has 2 atom stereocenters. The zero-order valence-corrected chi connectivity index (χ0v) is 23.3. The predicted molar refractivity (Wildman–Crippen MR) is 147 cm³/mol. The number of hydrogen-bond acceptors (Lipinski definition) is 4. The van der Waals surface area contributed by atoms with Gasteiger partial charge in [0, 0.05) is 42.0 Å². The van der Waals surface area contributed by atoms with Gasteiger partial charge < -0.3 is 10.2 Å². The standard InChI is InChI=1S/C29H43BrN4/c1-6-7-20(2)27-21(3)8-9-25-17-26(30)18-32-28(25)29(27)33-14-15-34(23(5)19-33)22(4)16-24-10-12-31-13-11-24/h7,17-18,23-24,29,31H,4,6,8-16,19H2,1-3,5H3/b20-7-. The summed E-state index contributed by atoms with van der Waals surface area (Å²) in [6.07, 6.45) is 11.3. The molecule has 4 nitrogen and oxygen atoms in total. The molecule has 2 fully saturated rings. The average Bonchev–Trinajstić information content (AvgIpc) is 2.96. The number of nitrogens with zero attached hydrogens (tertiary/aromatic N) is 3. The lowest BCUT2D eigenvalue weighted by Crippen LogP contribution is -2.52. The fourth-order valence-electron chi connectivity index (χ4n) is 6.32. The molecule has 1 aromatic heterocycles. The first-order valence-corrected chi connectivity index (χ1v) is 14.1. The van der Waals surface area contributed by atoms with Crippen molar-refractivity contribution in [2.45, 2.75) is 78.3 Å². The van der Waals surface area contributed by atoms with Crippen molar-refractivity contribution in [3.05, 3.63) is 63.1 Å². The van der Waals surface area contributed by atoms with Gasteiger partial charge in [0.2, 0.25) is 0 Å². The van der Waals surface area contributed by atoms with Gasteiger partial charge in [-0.15, -0.1) is 0 Å². The smallest absolute Gasteiger partial charge is 0.0782 e. The Morgan fingerprint density at radius 1 is 1.26 bits per heavy atom. The fraction of sp³-hybridized carbons (Fsp3) is 0.621. The Bertz CT molecular complexity index is 943. The molecule has 2 unspecified atom stereocenters. The second-order valence-electron chi connectivity index (χ2n) is 10.6. The minimum atomic E-state index is 0.232. The van der Waals surface area contributed by atoms with Crippen LogP contribution in [0, 0.1) is 5.92 Å². The Labute approximate surface area is 215 Å². The lowest BCUT2D eigenvalue weighted by molar-refractivity contribution is 0.0818. The van der Waals surface area contributed by atoms with Gasteiger partial charge in [-0.1, -0.05) is 25.2 Å². The van der Waals surface area contributed by atoms with E-state index >= 15 is 0 Å². The van der Waals surface area contributed by atoms with Gasteiger partial charge in [-0.05, 0) is 117 Å². The van der Waals surface area contributed by atoms with Gasteiger partial charge in [-0.3, -0.25) is 9.88 Å². The van der Waals surface area contributed by atoms with Gasteiger partial charge >= 0.3 is 0 Å². The Morgan fingerprint density at radius 3 is 2.74 bits per heavy atom. The van der Waals surface area contributed by atoms with Gasteiger partial charge in [0.25, 0.3) is 0 Å². The minimum Gasteiger partial charge on any atom is -0.370 e. The Balaban J connectivity index is 1.59. The third-order valence-electron chi connectivity index (χ3n) is 8.08. The van der Waals surface area contributed by atoms with Crippen molar-refractivity contribution in [1.82, 2.24) is 20.1 Å². The van der Waals surface area contributed by atoms with E-state index in [1.807, 2.05) is 6.20 Å². The first kappa shape index (κ1) is 25.7. The van der Waals surface area contributed by atoms with E-state index in [9.17, 15) is 0 Å². The monoisotopic (exact) mass is 526 g/mol. The van der Waals surface area contributed by atoms with E-state index in [1.54, 1.807) is 0 Å². The molecule has 1 N–H and O–H groups in total. The zero-order chi connectivity index (χ0) is 24.2. The minimum absolute atomic E-state index is 0.232. The lowest BCUT2D eigenvalue weighted by Gasteiger charge is -2.46. The van der Waals surface area contributed by atoms with E-state index in [2.05, 4.69) is 77.5 Å². The maximum atomic E-state index is 5.03. The zero-order valence-electron chi connectivity index (χ0n) is 21.7. The molecule has 0 radical (unpaired) electrons. The summed E-state index contributed by atoms with van der Waals surface area (Å²) < 4.78 is 1.08. The normalized spacial score (nSPS) is 25.3. The highest BCUT2D eigenvalue weighted by atomic mass is 79.9. The molecule has 3 aliphatic rings. The van der Waals surface area contributed by atoms with Crippen LogP contribution in [0.3, 0.4) is 0 Å². The van der Waals surface area contributed by atoms with Crippen molar-refractivity contribution in [3.8, 4) is 0 Å². The van der Waals surface area contributed by atoms with Crippen molar-refractivity contribution in [2.24, 2.45) is 5.92 Å². The van der Waals surface area contributed by atoms with E-state index in [1.165, 1.54) is 46.5 Å². The fourth-order valence-corrected chi connectivity index (χ4v) is 6.69. The van der Waals surface area contributed by atoms with Crippen LogP contribution in [0.1, 0.15) is 77.1 Å². The molecule has 2 saturated heterocycles. The number of piperidine rings is 1. The maximum absolute atomic E-state index is 5.03. The van der Waals surface area contributed by atoms with Crippen molar-refractivity contribution in [3.63, 3.8) is 0 Å². The highest BCUT2D eigenvalue weighted by Crippen LogP contribution is 2.41. The van der Waals surface area contributed by atoms with Crippen LogP contribution in [0.5, 0.6) is 0 Å². The second-order valence-corrected chi connectivity index (χ2v) is 11.5. The van der Waals surface area contributed by atoms with Crippen molar-refractivity contribution < 1.29 is 0 Å². The molecule has 34 heavy (non-hydrogen) atoms. The number of pyridine rings is 1. The van der Waals surface area contributed by atoms with E-state index in [0.717, 1.165) is 68.8 Å². The van der Waals surface area contributed by atoms with E-state index in [-0.39, 0.29) is 6.04 Å². The molecule has 0 bridgehead atoms. The summed E-state index contributed by atoms with van der Waals surface area (Å²) in [7, 11) is 0. The number of halogens is 1. The molecule has 0 saturated carbocycles. The summed E-state index contributed by atoms with van der Waals surface area (Å²) in [6.45, 7) is 19.3. The average molecular weight is 528 g/mol. The molecule has 0 amide bonds. The summed E-state index contributed by atoms with van der Waals surface area (Å²) in [5.74, 6) is 0.786. The van der Waals surface area contributed by atoms with Crippen LogP contribution < -0.4 is 5.32 Å². The first-order valence-electron chi connectivity index (χ1n) is 13.3. The second kappa shape index (κ2) is 11.5. The quantitative estimate of drug-likeness (QED) is 0.463. The number of nitrogens with one attached hydrogen (secondary N) is 1.